The first kappa shape index (κ1) is 16.1. The molecule has 0 saturated heterocycles. The van der Waals surface area contributed by atoms with Crippen LogP contribution in [0.4, 0.5) is 0 Å². The summed E-state index contributed by atoms with van der Waals surface area (Å²) in [4.78, 5) is 11.3. The molecule has 2 rings (SSSR count). The molecule has 3 nitrogen and oxygen atoms in total. The Morgan fingerprint density at radius 2 is 2.22 bits per heavy atom. The Bertz CT molecular complexity index is 483. The van der Waals surface area contributed by atoms with Crippen LogP contribution >= 0.6 is 0 Å². The van der Waals surface area contributed by atoms with Gasteiger partial charge in [-0.15, -0.1) is 6.54 Å². The van der Waals surface area contributed by atoms with E-state index in [0.717, 1.165) is 23.3 Å². The van der Waals surface area contributed by atoms with Crippen LogP contribution in [0.3, 0.4) is 0 Å². The Morgan fingerprint density at radius 3 is 2.83 bits per heavy atom. The van der Waals surface area contributed by atoms with E-state index < -0.39 is 0 Å². The number of ether oxygens (including phenoxy) is 1. The van der Waals surface area contributed by atoms with Gasteiger partial charge in [-0.3, -0.25) is 4.79 Å². The maximum Gasteiger partial charge on any atom is 1.00 e. The molecule has 0 radical (unpaired) electrons. The average Bonchev–Trinajstić information content (AvgIpc) is 2.72. The molecule has 1 aromatic carbocycles. The number of hydrogen-bond donors (Lipinski definition) is 0. The molecule has 0 heterocycles. The third kappa shape index (κ3) is 3.76. The van der Waals surface area contributed by atoms with Crippen molar-refractivity contribution in [1.82, 2.24) is 0 Å². The second kappa shape index (κ2) is 6.98. The summed E-state index contributed by atoms with van der Waals surface area (Å²) in [5.74, 6) is 0.896. The predicted molar refractivity (Wildman–Crippen MR) is 68.1 cm³/mol. The third-order valence-electron chi connectivity index (χ3n) is 2.90. The van der Waals surface area contributed by atoms with Gasteiger partial charge in [-0.05, 0) is 48.8 Å². The van der Waals surface area contributed by atoms with Crippen molar-refractivity contribution in [2.45, 2.75) is 26.4 Å². The maximum absolute atomic E-state index is 11.3. The van der Waals surface area contributed by atoms with Crippen molar-refractivity contribution in [3.63, 3.8) is 0 Å². The van der Waals surface area contributed by atoms with Crippen molar-refractivity contribution < 1.29 is 60.9 Å². The smallest absolute Gasteiger partial charge is 0.674 e. The van der Waals surface area contributed by atoms with Gasteiger partial charge in [-0.2, -0.15) is 0 Å². The fourth-order valence-corrected chi connectivity index (χ4v) is 1.89. The standard InChI is InChI=1S/C14H16NO2.K/c1-9(8-15)17-14-4-3-11-5-12(10(2)16)6-13(11)7-14;/h3-4,6-7,9,15H,5,8H2,1-2H3;/q-1;+1. The zero-order valence-electron chi connectivity index (χ0n) is 11.1. The van der Waals surface area contributed by atoms with E-state index in [4.69, 9.17) is 10.5 Å². The number of nitrogens with one attached hydrogen (secondary N) is 1. The second-order valence-corrected chi connectivity index (χ2v) is 4.40. The third-order valence-corrected chi connectivity index (χ3v) is 2.90. The average molecular weight is 269 g/mol. The van der Waals surface area contributed by atoms with Crippen LogP contribution in [0, 0.1) is 0 Å². The molecule has 0 amide bonds. The number of carbonyl (C=O) groups excluding carboxylic acids is 1. The molecule has 1 aliphatic carbocycles. The number of allylic oxidation sites excluding steroid dienone is 1. The van der Waals surface area contributed by atoms with Gasteiger partial charge in [-0.1, -0.05) is 6.07 Å². The van der Waals surface area contributed by atoms with Crippen LogP contribution in [0.25, 0.3) is 11.8 Å². The number of carbonyl (C=O) groups is 1. The summed E-state index contributed by atoms with van der Waals surface area (Å²) in [5, 5.41) is 0. The Hall–Kier alpha value is 0.0264. The molecular weight excluding hydrogens is 253 g/mol. The van der Waals surface area contributed by atoms with Gasteiger partial charge < -0.3 is 10.5 Å². The number of hydrogen-bond acceptors (Lipinski definition) is 2. The van der Waals surface area contributed by atoms with E-state index in [1.807, 2.05) is 31.2 Å². The second-order valence-electron chi connectivity index (χ2n) is 4.40. The number of Topliss-reactive ketones (excluding diaryl/α,β-unsaturated/α-hetero) is 1. The van der Waals surface area contributed by atoms with Gasteiger partial charge in [0, 0.05) is 6.42 Å². The molecule has 0 aromatic heterocycles. The van der Waals surface area contributed by atoms with E-state index in [2.05, 4.69) is 0 Å². The van der Waals surface area contributed by atoms with Crippen LogP contribution in [-0.2, 0) is 11.2 Å². The first-order valence-electron chi connectivity index (χ1n) is 5.76. The zero-order chi connectivity index (χ0) is 12.4. The number of rotatable bonds is 4. The van der Waals surface area contributed by atoms with Crippen molar-refractivity contribution in [1.29, 1.82) is 0 Å². The SMILES string of the molecule is CC(=O)C1=Cc2cc(OC(C)C[NH-])ccc2C1.[K+]. The first-order chi connectivity index (χ1) is 8.10. The van der Waals surface area contributed by atoms with Crippen LogP contribution < -0.4 is 56.1 Å². The Kier molecular flexibility index (Phi) is 6.24. The van der Waals surface area contributed by atoms with Gasteiger partial charge in [0.1, 0.15) is 5.75 Å². The fourth-order valence-electron chi connectivity index (χ4n) is 1.89. The Morgan fingerprint density at radius 1 is 1.50 bits per heavy atom. The Balaban J connectivity index is 0.00000162. The molecule has 18 heavy (non-hydrogen) atoms. The molecule has 0 aliphatic heterocycles. The molecule has 4 heteroatoms. The topological polar surface area (TPSA) is 50.1 Å². The van der Waals surface area contributed by atoms with Gasteiger partial charge >= 0.3 is 51.4 Å². The van der Waals surface area contributed by atoms with Crippen LogP contribution in [-0.4, -0.2) is 18.4 Å². The van der Waals surface area contributed by atoms with E-state index >= 15 is 0 Å². The van der Waals surface area contributed by atoms with Gasteiger partial charge in [0.2, 0.25) is 0 Å². The summed E-state index contributed by atoms with van der Waals surface area (Å²) in [7, 11) is 0. The molecule has 0 spiro atoms. The first-order valence-corrected chi connectivity index (χ1v) is 5.76. The van der Waals surface area contributed by atoms with Crippen LogP contribution in [0.15, 0.2) is 23.8 Å². The minimum atomic E-state index is -0.106. The van der Waals surface area contributed by atoms with Gasteiger partial charge in [0.05, 0.1) is 6.10 Å². The van der Waals surface area contributed by atoms with E-state index in [-0.39, 0.29) is 69.8 Å². The summed E-state index contributed by atoms with van der Waals surface area (Å²) in [6.45, 7) is 3.71. The molecule has 1 N–H and O–H groups in total. The number of ketones is 1. The normalized spacial score (nSPS) is 14.3. The predicted octanol–water partition coefficient (Wildman–Crippen LogP) is 0.0386. The molecule has 1 atom stereocenters. The van der Waals surface area contributed by atoms with E-state index in [9.17, 15) is 4.79 Å². The minimum absolute atomic E-state index is 0. The molecular formula is C14H16KNO2. The molecule has 0 bridgehead atoms. The number of benzene rings is 1. The summed E-state index contributed by atoms with van der Waals surface area (Å²) in [5.41, 5.74) is 10.3. The molecule has 90 valence electrons. The summed E-state index contributed by atoms with van der Waals surface area (Å²) < 4.78 is 5.58. The van der Waals surface area contributed by atoms with Crippen molar-refractivity contribution in [2.24, 2.45) is 0 Å². The zero-order valence-corrected chi connectivity index (χ0v) is 14.2. The summed E-state index contributed by atoms with van der Waals surface area (Å²) >= 11 is 0. The van der Waals surface area contributed by atoms with Crippen molar-refractivity contribution in [2.75, 3.05) is 6.54 Å². The van der Waals surface area contributed by atoms with Gasteiger partial charge in [0.25, 0.3) is 0 Å². The summed E-state index contributed by atoms with van der Waals surface area (Å²) in [6.07, 6.45) is 2.54. The maximum atomic E-state index is 11.3. The van der Waals surface area contributed by atoms with E-state index in [0.29, 0.717) is 0 Å². The van der Waals surface area contributed by atoms with Crippen molar-refractivity contribution >= 4 is 11.9 Å². The van der Waals surface area contributed by atoms with Gasteiger partial charge in [-0.25, -0.2) is 0 Å². The van der Waals surface area contributed by atoms with Crippen LogP contribution in [0.5, 0.6) is 5.75 Å². The largest absolute Gasteiger partial charge is 1.00 e. The van der Waals surface area contributed by atoms with Crippen LogP contribution in [0.2, 0.25) is 0 Å². The molecule has 1 aromatic rings. The molecule has 1 unspecified atom stereocenters. The van der Waals surface area contributed by atoms with E-state index in [1.165, 1.54) is 5.56 Å². The molecule has 0 fully saturated rings. The van der Waals surface area contributed by atoms with Crippen molar-refractivity contribution in [3.8, 4) is 5.75 Å². The summed E-state index contributed by atoms with van der Waals surface area (Å²) in [6, 6.07) is 5.84. The fraction of sp³-hybridized carbons (Fsp3) is 0.357. The number of fused-ring (bicyclic) bond motifs is 1. The van der Waals surface area contributed by atoms with E-state index in [1.54, 1.807) is 6.92 Å². The minimum Gasteiger partial charge on any atom is -0.674 e. The molecule has 1 aliphatic rings. The monoisotopic (exact) mass is 269 g/mol. The van der Waals surface area contributed by atoms with Crippen molar-refractivity contribution in [3.05, 3.63) is 40.6 Å². The van der Waals surface area contributed by atoms with Gasteiger partial charge in [0.15, 0.2) is 5.78 Å². The quantitative estimate of drug-likeness (QED) is 0.725. The van der Waals surface area contributed by atoms with Crippen LogP contribution in [0.1, 0.15) is 25.0 Å². The Labute approximate surface area is 150 Å². The molecule has 0 saturated carbocycles.